The maximum absolute atomic E-state index is 13.0. The lowest BCUT2D eigenvalue weighted by molar-refractivity contribution is 0.251. The van der Waals surface area contributed by atoms with E-state index in [0.717, 1.165) is 55.0 Å². The molecule has 34 heavy (non-hydrogen) atoms. The van der Waals surface area contributed by atoms with E-state index in [1.54, 1.807) is 7.05 Å². The van der Waals surface area contributed by atoms with Gasteiger partial charge in [0.05, 0.1) is 6.54 Å². The molecule has 1 saturated heterocycles. The summed E-state index contributed by atoms with van der Waals surface area (Å²) in [6, 6.07) is 14.5. The van der Waals surface area contributed by atoms with E-state index >= 15 is 0 Å². The van der Waals surface area contributed by atoms with Crippen molar-refractivity contribution in [2.75, 3.05) is 37.6 Å². The first-order chi connectivity index (χ1) is 16.6. The second kappa shape index (κ2) is 9.46. The molecule has 0 aliphatic carbocycles. The van der Waals surface area contributed by atoms with Gasteiger partial charge < -0.3 is 4.90 Å². The number of H-pyrrole nitrogens is 1. The highest BCUT2D eigenvalue weighted by Crippen LogP contribution is 2.25. The van der Waals surface area contributed by atoms with E-state index in [-0.39, 0.29) is 0 Å². The molecule has 2 aromatic carbocycles. The number of aryl methyl sites for hydroxylation is 1. The fraction of sp³-hybridized carbons (Fsp3) is 0.423. The third kappa shape index (κ3) is 4.14. The first kappa shape index (κ1) is 22.4. The molecule has 0 saturated carbocycles. The fourth-order valence-corrected chi connectivity index (χ4v) is 4.97. The van der Waals surface area contributed by atoms with Gasteiger partial charge in [0.15, 0.2) is 11.2 Å². The van der Waals surface area contributed by atoms with Gasteiger partial charge in [-0.3, -0.25) is 23.8 Å². The van der Waals surface area contributed by atoms with Crippen molar-refractivity contribution >= 4 is 27.9 Å². The summed E-state index contributed by atoms with van der Waals surface area (Å²) in [4.78, 5) is 37.3. The van der Waals surface area contributed by atoms with Gasteiger partial charge in [-0.2, -0.15) is 4.98 Å². The second-order valence-electron chi connectivity index (χ2n) is 9.16. The minimum atomic E-state index is -0.445. The number of unbranched alkanes of at least 4 members (excludes halogenated alkanes) is 2. The van der Waals surface area contributed by atoms with Gasteiger partial charge in [0.2, 0.25) is 5.95 Å². The zero-order valence-electron chi connectivity index (χ0n) is 20.0. The molecule has 2 aromatic heterocycles. The van der Waals surface area contributed by atoms with E-state index in [4.69, 9.17) is 4.98 Å². The molecular weight excluding hydrogens is 428 g/mol. The number of rotatable bonds is 7. The van der Waals surface area contributed by atoms with Crippen LogP contribution in [0.3, 0.4) is 0 Å². The lowest BCUT2D eigenvalue weighted by atomic mass is 10.0. The maximum atomic E-state index is 13.0. The maximum Gasteiger partial charge on any atom is 0.329 e. The number of nitrogens with zero attached hydrogens (tertiary/aromatic N) is 5. The van der Waals surface area contributed by atoms with E-state index in [9.17, 15) is 9.59 Å². The molecule has 0 bridgehead atoms. The summed E-state index contributed by atoms with van der Waals surface area (Å²) in [6.45, 7) is 7.49. The summed E-state index contributed by atoms with van der Waals surface area (Å²) in [6.07, 6.45) is 3.72. The lowest BCUT2D eigenvalue weighted by Crippen LogP contribution is -2.47. The van der Waals surface area contributed by atoms with Crippen LogP contribution in [-0.2, 0) is 13.6 Å². The molecule has 0 amide bonds. The van der Waals surface area contributed by atoms with Gasteiger partial charge in [0.25, 0.3) is 5.56 Å². The Morgan fingerprint density at radius 1 is 0.971 bits per heavy atom. The molecule has 5 rings (SSSR count). The molecule has 0 atom stereocenters. The predicted molar refractivity (Wildman–Crippen MR) is 137 cm³/mol. The van der Waals surface area contributed by atoms with Crippen molar-refractivity contribution in [1.29, 1.82) is 0 Å². The van der Waals surface area contributed by atoms with Crippen molar-refractivity contribution in [2.24, 2.45) is 7.05 Å². The number of hydrogen-bond donors (Lipinski definition) is 1. The van der Waals surface area contributed by atoms with Crippen LogP contribution in [0.25, 0.3) is 21.9 Å². The molecule has 0 radical (unpaired) electrons. The van der Waals surface area contributed by atoms with Crippen molar-refractivity contribution in [3.8, 4) is 0 Å². The van der Waals surface area contributed by atoms with Crippen molar-refractivity contribution in [3.63, 3.8) is 0 Å². The Labute approximate surface area is 198 Å². The summed E-state index contributed by atoms with van der Waals surface area (Å²) in [5.41, 5.74) is 1.14. The number of aromatic nitrogens is 4. The molecule has 4 aromatic rings. The van der Waals surface area contributed by atoms with E-state index in [2.05, 4.69) is 46.0 Å². The van der Waals surface area contributed by atoms with E-state index in [0.29, 0.717) is 17.7 Å². The summed E-state index contributed by atoms with van der Waals surface area (Å²) >= 11 is 0. The van der Waals surface area contributed by atoms with Gasteiger partial charge in [-0.15, -0.1) is 0 Å². The summed E-state index contributed by atoms with van der Waals surface area (Å²) in [5, 5.41) is 2.31. The van der Waals surface area contributed by atoms with E-state index in [1.807, 2.05) is 22.8 Å². The second-order valence-corrected chi connectivity index (χ2v) is 9.16. The van der Waals surface area contributed by atoms with Crippen molar-refractivity contribution in [3.05, 3.63) is 68.9 Å². The number of imidazole rings is 1. The molecule has 8 nitrogen and oxygen atoms in total. The van der Waals surface area contributed by atoms with Crippen LogP contribution in [0.5, 0.6) is 0 Å². The van der Waals surface area contributed by atoms with Crippen LogP contribution in [0.15, 0.2) is 52.1 Å². The Morgan fingerprint density at radius 3 is 2.53 bits per heavy atom. The molecule has 3 heterocycles. The molecular formula is C26H32N6O2. The van der Waals surface area contributed by atoms with Crippen LogP contribution in [0.4, 0.5) is 5.95 Å². The van der Waals surface area contributed by atoms with Gasteiger partial charge in [0.1, 0.15) is 0 Å². The van der Waals surface area contributed by atoms with E-state index < -0.39 is 11.2 Å². The van der Waals surface area contributed by atoms with Gasteiger partial charge in [-0.25, -0.2) is 4.79 Å². The number of piperazine rings is 1. The van der Waals surface area contributed by atoms with E-state index in [1.165, 1.54) is 23.8 Å². The Hall–Kier alpha value is -3.39. The largest absolute Gasteiger partial charge is 0.340 e. The zero-order valence-corrected chi connectivity index (χ0v) is 20.0. The summed E-state index contributed by atoms with van der Waals surface area (Å²) < 4.78 is 3.42. The van der Waals surface area contributed by atoms with Crippen LogP contribution in [0.2, 0.25) is 0 Å². The molecule has 1 fully saturated rings. The highest BCUT2D eigenvalue weighted by atomic mass is 16.2. The van der Waals surface area contributed by atoms with Crippen LogP contribution in [0.1, 0.15) is 31.7 Å². The molecule has 1 aliphatic heterocycles. The number of fused-ring (bicyclic) bond motifs is 2. The first-order valence-corrected chi connectivity index (χ1v) is 12.2. The van der Waals surface area contributed by atoms with Crippen molar-refractivity contribution in [1.82, 2.24) is 24.0 Å². The number of hydrogen-bond acceptors (Lipinski definition) is 5. The van der Waals surface area contributed by atoms with Gasteiger partial charge >= 0.3 is 5.69 Å². The quantitative estimate of drug-likeness (QED) is 0.429. The summed E-state index contributed by atoms with van der Waals surface area (Å²) in [7, 11) is 1.66. The minimum absolute atomic E-state index is 0.393. The van der Waals surface area contributed by atoms with Crippen LogP contribution < -0.4 is 16.1 Å². The fourth-order valence-electron chi connectivity index (χ4n) is 4.97. The predicted octanol–water partition coefficient (Wildman–Crippen LogP) is 2.94. The van der Waals surface area contributed by atoms with Crippen LogP contribution in [0, 0.1) is 0 Å². The Kier molecular flexibility index (Phi) is 6.24. The Balaban J connectivity index is 1.55. The SMILES string of the molecule is CCCCCN1CCN(c2nc3c(c(=O)[nH]c(=O)n3C)n2Cc2cccc3ccccc23)CC1. The smallest absolute Gasteiger partial charge is 0.329 e. The third-order valence-corrected chi connectivity index (χ3v) is 6.93. The molecule has 1 N–H and O–H groups in total. The number of benzene rings is 2. The first-order valence-electron chi connectivity index (χ1n) is 12.2. The number of aromatic amines is 1. The Bertz CT molecular complexity index is 1420. The van der Waals surface area contributed by atoms with Crippen molar-refractivity contribution < 1.29 is 0 Å². The van der Waals surface area contributed by atoms with Crippen molar-refractivity contribution in [2.45, 2.75) is 32.7 Å². The van der Waals surface area contributed by atoms with Gasteiger partial charge in [-0.1, -0.05) is 62.2 Å². The molecule has 8 heteroatoms. The highest BCUT2D eigenvalue weighted by Gasteiger charge is 2.25. The van der Waals surface area contributed by atoms with Crippen LogP contribution in [-0.4, -0.2) is 56.7 Å². The average Bonchev–Trinajstić information content (AvgIpc) is 3.23. The standard InChI is InChI=1S/C26H32N6O2/c1-3-4-7-13-30-14-16-31(17-15-30)25-27-23-22(24(33)28-26(34)29(23)2)32(25)18-20-11-8-10-19-9-5-6-12-21(19)20/h5-6,8-12H,3-4,7,13-18H2,1-2H3,(H,28,33,34). The molecule has 1 aliphatic rings. The topological polar surface area (TPSA) is 79.2 Å². The molecule has 0 spiro atoms. The molecule has 178 valence electrons. The zero-order chi connectivity index (χ0) is 23.7. The lowest BCUT2D eigenvalue weighted by Gasteiger charge is -2.35. The summed E-state index contributed by atoms with van der Waals surface area (Å²) in [5.74, 6) is 0.753. The monoisotopic (exact) mass is 460 g/mol. The third-order valence-electron chi connectivity index (χ3n) is 6.93. The van der Waals surface area contributed by atoms with Gasteiger partial charge in [-0.05, 0) is 29.3 Å². The van der Waals surface area contributed by atoms with Crippen LogP contribution >= 0.6 is 0 Å². The number of nitrogens with one attached hydrogen (secondary N) is 1. The minimum Gasteiger partial charge on any atom is -0.340 e. The average molecular weight is 461 g/mol. The highest BCUT2D eigenvalue weighted by molar-refractivity contribution is 5.86. The molecule has 0 unspecified atom stereocenters. The Morgan fingerprint density at radius 2 is 1.74 bits per heavy atom. The number of anilines is 1. The normalized spacial score (nSPS) is 14.9. The van der Waals surface area contributed by atoms with Gasteiger partial charge in [0, 0.05) is 33.2 Å².